The van der Waals surface area contributed by atoms with E-state index in [9.17, 15) is 4.79 Å². The summed E-state index contributed by atoms with van der Waals surface area (Å²) in [6.45, 7) is -0.0354. The van der Waals surface area contributed by atoms with Crippen LogP contribution in [0, 0.1) is 0 Å². The van der Waals surface area contributed by atoms with E-state index in [1.165, 1.54) is 5.01 Å². The highest BCUT2D eigenvalue weighted by atomic mass is 16.3. The maximum atomic E-state index is 11.5. The smallest absolute Gasteiger partial charge is 0.273 e. The summed E-state index contributed by atoms with van der Waals surface area (Å²) in [6, 6.07) is -0.338. The molecule has 5 N–H and O–H groups in total. The molecule has 0 bridgehead atoms. The van der Waals surface area contributed by atoms with Gasteiger partial charge < -0.3 is 16.6 Å². The van der Waals surface area contributed by atoms with Crippen molar-refractivity contribution in [1.82, 2.24) is 10.0 Å². The summed E-state index contributed by atoms with van der Waals surface area (Å²) in [5.74, 6) is -0.326. The number of rotatable bonds is 2. The van der Waals surface area contributed by atoms with Gasteiger partial charge in [0.15, 0.2) is 5.66 Å². The van der Waals surface area contributed by atoms with E-state index in [2.05, 4.69) is 0 Å². The van der Waals surface area contributed by atoms with Crippen LogP contribution < -0.4 is 11.5 Å². The molecule has 1 amide bonds. The first-order valence-electron chi connectivity index (χ1n) is 4.12. The van der Waals surface area contributed by atoms with Crippen LogP contribution in [0.4, 0.5) is 0 Å². The Bertz CT molecular complexity index is 219. The zero-order chi connectivity index (χ0) is 10.2. The van der Waals surface area contributed by atoms with Crippen LogP contribution in [0.5, 0.6) is 0 Å². The number of hydrogen-bond donors (Lipinski definition) is 3. The van der Waals surface area contributed by atoms with Crippen molar-refractivity contribution < 1.29 is 9.90 Å². The van der Waals surface area contributed by atoms with Gasteiger partial charge in [-0.3, -0.25) is 9.80 Å². The lowest BCUT2D eigenvalue weighted by molar-refractivity contribution is -0.137. The summed E-state index contributed by atoms with van der Waals surface area (Å²) in [7, 11) is 3.33. The average molecular weight is 188 g/mol. The molecular formula is C7H16N4O2. The molecule has 1 unspecified atom stereocenters. The van der Waals surface area contributed by atoms with Gasteiger partial charge in [-0.25, -0.2) is 5.01 Å². The van der Waals surface area contributed by atoms with Crippen molar-refractivity contribution in [3.63, 3.8) is 0 Å². The fourth-order valence-corrected chi connectivity index (χ4v) is 1.63. The molecule has 6 heteroatoms. The normalized spacial score (nSPS) is 28.5. The van der Waals surface area contributed by atoms with Crippen molar-refractivity contribution in [3.8, 4) is 0 Å². The monoisotopic (exact) mass is 188 g/mol. The Morgan fingerprint density at radius 2 is 2.08 bits per heavy atom. The zero-order valence-corrected chi connectivity index (χ0v) is 7.90. The highest BCUT2D eigenvalue weighted by molar-refractivity contribution is 5.87. The molecule has 0 aromatic heterocycles. The van der Waals surface area contributed by atoms with E-state index in [-0.39, 0.29) is 18.6 Å². The van der Waals surface area contributed by atoms with Gasteiger partial charge >= 0.3 is 0 Å². The van der Waals surface area contributed by atoms with E-state index in [4.69, 9.17) is 16.6 Å². The molecule has 1 heterocycles. The van der Waals surface area contributed by atoms with E-state index < -0.39 is 5.66 Å². The number of aliphatic hydroxyl groups excluding tert-OH is 1. The third-order valence-electron chi connectivity index (χ3n) is 2.54. The molecule has 1 atom stereocenters. The first-order valence-corrected chi connectivity index (χ1v) is 4.12. The molecule has 6 nitrogen and oxygen atoms in total. The van der Waals surface area contributed by atoms with Crippen molar-refractivity contribution in [2.24, 2.45) is 11.5 Å². The Balaban J connectivity index is 2.88. The first kappa shape index (κ1) is 10.4. The fourth-order valence-electron chi connectivity index (χ4n) is 1.63. The molecule has 0 saturated carbocycles. The standard InChI is InChI=1S/C7H16N4O2/c1-10-5(3-4-12)7(8,9)6(13)11(10)2/h5,12H,3-4,8-9H2,1-2H3. The quantitative estimate of drug-likeness (QED) is 0.422. The second-order valence-electron chi connectivity index (χ2n) is 3.36. The van der Waals surface area contributed by atoms with Gasteiger partial charge in [0, 0.05) is 20.7 Å². The predicted octanol–water partition coefficient (Wildman–Crippen LogP) is -2.33. The number of hydrazine groups is 1. The Kier molecular flexibility index (Phi) is 2.58. The maximum Gasteiger partial charge on any atom is 0.273 e. The summed E-state index contributed by atoms with van der Waals surface area (Å²) < 4.78 is 0. The second-order valence-corrected chi connectivity index (χ2v) is 3.36. The van der Waals surface area contributed by atoms with E-state index >= 15 is 0 Å². The van der Waals surface area contributed by atoms with Crippen LogP contribution >= 0.6 is 0 Å². The van der Waals surface area contributed by atoms with Crippen LogP contribution in [0.1, 0.15) is 6.42 Å². The largest absolute Gasteiger partial charge is 0.396 e. The molecular weight excluding hydrogens is 172 g/mol. The number of hydrogen-bond acceptors (Lipinski definition) is 5. The summed E-state index contributed by atoms with van der Waals surface area (Å²) in [5, 5.41) is 11.8. The van der Waals surface area contributed by atoms with E-state index in [0.717, 1.165) is 0 Å². The van der Waals surface area contributed by atoms with Crippen LogP contribution in [0.3, 0.4) is 0 Å². The van der Waals surface area contributed by atoms with E-state index in [0.29, 0.717) is 6.42 Å². The molecule has 0 spiro atoms. The molecule has 0 aromatic carbocycles. The number of carbonyl (C=O) groups is 1. The minimum atomic E-state index is -1.38. The Labute approximate surface area is 77.0 Å². The minimum Gasteiger partial charge on any atom is -0.396 e. The number of likely N-dealkylation sites (N-methyl/N-ethyl adjacent to an activating group) is 2. The molecule has 13 heavy (non-hydrogen) atoms. The van der Waals surface area contributed by atoms with E-state index in [1.807, 2.05) is 0 Å². The number of amides is 1. The van der Waals surface area contributed by atoms with Crippen molar-refractivity contribution in [1.29, 1.82) is 0 Å². The van der Waals surface area contributed by atoms with Crippen LogP contribution in [-0.2, 0) is 4.79 Å². The van der Waals surface area contributed by atoms with Crippen LogP contribution in [0.15, 0.2) is 0 Å². The zero-order valence-electron chi connectivity index (χ0n) is 7.90. The lowest BCUT2D eigenvalue weighted by Crippen LogP contribution is -2.62. The number of nitrogens with zero attached hydrogens (tertiary/aromatic N) is 2. The molecule has 1 saturated heterocycles. The minimum absolute atomic E-state index is 0.0354. The third kappa shape index (κ3) is 1.42. The molecule has 1 aliphatic rings. The van der Waals surface area contributed by atoms with Crippen molar-refractivity contribution in [2.45, 2.75) is 18.1 Å². The topological polar surface area (TPSA) is 95.8 Å². The van der Waals surface area contributed by atoms with Crippen LogP contribution in [-0.4, -0.2) is 53.4 Å². The second kappa shape index (κ2) is 3.22. The SMILES string of the molecule is CN1C(=O)C(N)(N)C(CCO)N1C. The molecule has 1 fully saturated rings. The lowest BCUT2D eigenvalue weighted by atomic mass is 10.0. The Hall–Kier alpha value is -0.690. The Morgan fingerprint density at radius 1 is 1.54 bits per heavy atom. The predicted molar refractivity (Wildman–Crippen MR) is 47.1 cm³/mol. The van der Waals surface area contributed by atoms with Crippen LogP contribution in [0.2, 0.25) is 0 Å². The van der Waals surface area contributed by atoms with Gasteiger partial charge in [0.05, 0.1) is 6.04 Å². The first-order chi connectivity index (χ1) is 5.92. The van der Waals surface area contributed by atoms with Gasteiger partial charge in [0.1, 0.15) is 0 Å². The summed E-state index contributed by atoms with van der Waals surface area (Å²) >= 11 is 0. The molecule has 1 rings (SSSR count). The van der Waals surface area contributed by atoms with Crippen molar-refractivity contribution >= 4 is 5.91 Å². The number of carbonyl (C=O) groups excluding carboxylic acids is 1. The van der Waals surface area contributed by atoms with Gasteiger partial charge in [0.25, 0.3) is 5.91 Å². The number of aliphatic hydroxyl groups is 1. The van der Waals surface area contributed by atoms with Crippen LogP contribution in [0.25, 0.3) is 0 Å². The van der Waals surface area contributed by atoms with Gasteiger partial charge in [-0.2, -0.15) is 0 Å². The lowest BCUT2D eigenvalue weighted by Gasteiger charge is -2.26. The highest BCUT2D eigenvalue weighted by Crippen LogP contribution is 2.22. The molecule has 76 valence electrons. The maximum absolute atomic E-state index is 11.5. The Morgan fingerprint density at radius 3 is 2.38 bits per heavy atom. The van der Waals surface area contributed by atoms with E-state index in [1.54, 1.807) is 19.1 Å². The van der Waals surface area contributed by atoms with Crippen molar-refractivity contribution in [2.75, 3.05) is 20.7 Å². The summed E-state index contributed by atoms with van der Waals surface area (Å²) in [5.41, 5.74) is 9.95. The van der Waals surface area contributed by atoms with Gasteiger partial charge in [-0.15, -0.1) is 0 Å². The van der Waals surface area contributed by atoms with Gasteiger partial charge in [-0.1, -0.05) is 0 Å². The molecule has 0 radical (unpaired) electrons. The van der Waals surface area contributed by atoms with Gasteiger partial charge in [0.2, 0.25) is 0 Å². The number of nitrogens with two attached hydrogens (primary N) is 2. The molecule has 0 aliphatic carbocycles. The van der Waals surface area contributed by atoms with Gasteiger partial charge in [-0.05, 0) is 6.42 Å². The molecule has 1 aliphatic heterocycles. The summed E-state index contributed by atoms with van der Waals surface area (Å²) in [6.07, 6.45) is 0.388. The highest BCUT2D eigenvalue weighted by Gasteiger charge is 2.50. The van der Waals surface area contributed by atoms with Crippen molar-refractivity contribution in [3.05, 3.63) is 0 Å². The summed E-state index contributed by atoms with van der Waals surface area (Å²) in [4.78, 5) is 11.5. The third-order valence-corrected chi connectivity index (χ3v) is 2.54. The fraction of sp³-hybridized carbons (Fsp3) is 0.857. The average Bonchev–Trinajstić information content (AvgIpc) is 2.20. The molecule has 0 aromatic rings.